The Balaban J connectivity index is 2.19. The highest BCUT2D eigenvalue weighted by Crippen LogP contribution is 1.94. The topological polar surface area (TPSA) is 79.2 Å². The maximum Gasteiger partial charge on any atom is 0.269 e. The van der Waals surface area contributed by atoms with Crippen LogP contribution in [0.3, 0.4) is 0 Å². The zero-order chi connectivity index (χ0) is 12.0. The summed E-state index contributed by atoms with van der Waals surface area (Å²) >= 11 is 0. The minimum absolute atomic E-state index is 0.140. The fourth-order valence-electron chi connectivity index (χ4n) is 1.24. The molecule has 0 saturated carbocycles. The first-order valence-corrected chi connectivity index (χ1v) is 5.24. The first-order chi connectivity index (χ1) is 7.61. The van der Waals surface area contributed by atoms with Gasteiger partial charge < -0.3 is 20.3 Å². The van der Waals surface area contributed by atoms with Crippen molar-refractivity contribution in [1.82, 2.24) is 20.2 Å². The first kappa shape index (κ1) is 12.7. The number of aryl methyl sites for hydroxylation is 1. The fraction of sp³-hybridized carbons (Fsp3) is 0.600. The second kappa shape index (κ2) is 6.24. The van der Waals surface area contributed by atoms with Crippen molar-refractivity contribution in [2.45, 2.75) is 13.0 Å². The molecule has 90 valence electrons. The van der Waals surface area contributed by atoms with Gasteiger partial charge >= 0.3 is 0 Å². The average molecular weight is 226 g/mol. The van der Waals surface area contributed by atoms with Crippen LogP contribution in [-0.2, 0) is 7.05 Å². The molecule has 6 heteroatoms. The van der Waals surface area contributed by atoms with Gasteiger partial charge in [0.2, 0.25) is 0 Å². The van der Waals surface area contributed by atoms with Gasteiger partial charge in [-0.05, 0) is 6.92 Å². The second-order valence-electron chi connectivity index (χ2n) is 3.70. The molecule has 0 aromatic carbocycles. The first-order valence-electron chi connectivity index (χ1n) is 5.24. The molecule has 0 fully saturated rings. The van der Waals surface area contributed by atoms with E-state index in [4.69, 9.17) is 5.11 Å². The van der Waals surface area contributed by atoms with Gasteiger partial charge in [0.05, 0.1) is 18.6 Å². The number of nitrogens with one attached hydrogen (secondary N) is 2. The van der Waals surface area contributed by atoms with Crippen LogP contribution in [0.25, 0.3) is 0 Å². The standard InChI is InChI=1S/C10H18N4O2/c1-8(15)5-11-3-4-13-10(16)9-6-12-7-14(9)2/h6-8,11,15H,3-5H2,1-2H3,(H,13,16). The number of hydrogen-bond donors (Lipinski definition) is 3. The molecule has 1 aromatic rings. The van der Waals surface area contributed by atoms with E-state index >= 15 is 0 Å². The van der Waals surface area contributed by atoms with Gasteiger partial charge in [-0.25, -0.2) is 4.98 Å². The molecule has 16 heavy (non-hydrogen) atoms. The number of carbonyl (C=O) groups is 1. The van der Waals surface area contributed by atoms with Gasteiger partial charge in [-0.1, -0.05) is 0 Å². The predicted octanol–water partition coefficient (Wildman–Crippen LogP) is -0.880. The van der Waals surface area contributed by atoms with E-state index in [0.29, 0.717) is 25.3 Å². The van der Waals surface area contributed by atoms with Crippen molar-refractivity contribution >= 4 is 5.91 Å². The largest absolute Gasteiger partial charge is 0.392 e. The quantitative estimate of drug-likeness (QED) is 0.550. The summed E-state index contributed by atoms with van der Waals surface area (Å²) in [6, 6.07) is 0. The van der Waals surface area contributed by atoms with Crippen molar-refractivity contribution in [3.8, 4) is 0 Å². The third kappa shape index (κ3) is 4.00. The van der Waals surface area contributed by atoms with E-state index in [1.54, 1.807) is 24.9 Å². The molecular weight excluding hydrogens is 208 g/mol. The molecule has 0 bridgehead atoms. The summed E-state index contributed by atoms with van der Waals surface area (Å²) in [7, 11) is 1.77. The summed E-state index contributed by atoms with van der Waals surface area (Å²) in [5, 5.41) is 14.8. The second-order valence-corrected chi connectivity index (χ2v) is 3.70. The Bertz CT molecular complexity index is 335. The van der Waals surface area contributed by atoms with Crippen molar-refractivity contribution in [3.05, 3.63) is 18.2 Å². The van der Waals surface area contributed by atoms with Gasteiger partial charge in [0.1, 0.15) is 5.69 Å². The molecule has 1 heterocycles. The van der Waals surface area contributed by atoms with Crippen LogP contribution in [0.15, 0.2) is 12.5 Å². The van der Waals surface area contributed by atoms with E-state index in [2.05, 4.69) is 15.6 Å². The molecule has 0 saturated heterocycles. The maximum atomic E-state index is 11.6. The van der Waals surface area contributed by atoms with E-state index in [1.807, 2.05) is 0 Å². The lowest BCUT2D eigenvalue weighted by Gasteiger charge is -2.08. The molecule has 1 amide bonds. The number of amides is 1. The molecule has 1 rings (SSSR count). The molecule has 0 aliphatic heterocycles. The Morgan fingerprint density at radius 3 is 2.94 bits per heavy atom. The van der Waals surface area contributed by atoms with Crippen molar-refractivity contribution in [3.63, 3.8) is 0 Å². The molecular formula is C10H18N4O2. The molecule has 1 unspecified atom stereocenters. The molecule has 6 nitrogen and oxygen atoms in total. The number of carbonyl (C=O) groups excluding carboxylic acids is 1. The summed E-state index contributed by atoms with van der Waals surface area (Å²) in [5.41, 5.74) is 0.538. The Labute approximate surface area is 94.7 Å². The SMILES string of the molecule is CC(O)CNCCNC(=O)c1cncn1C. The minimum Gasteiger partial charge on any atom is -0.392 e. The highest BCUT2D eigenvalue weighted by molar-refractivity contribution is 5.92. The zero-order valence-electron chi connectivity index (χ0n) is 9.60. The Kier molecular flexibility index (Phi) is 4.94. The van der Waals surface area contributed by atoms with Crippen LogP contribution in [0.4, 0.5) is 0 Å². The normalized spacial score (nSPS) is 12.4. The van der Waals surface area contributed by atoms with Crippen LogP contribution in [0.5, 0.6) is 0 Å². The molecule has 0 aliphatic carbocycles. The van der Waals surface area contributed by atoms with Crippen LogP contribution in [0, 0.1) is 0 Å². The molecule has 1 aromatic heterocycles. The zero-order valence-corrected chi connectivity index (χ0v) is 9.60. The van der Waals surface area contributed by atoms with E-state index in [0.717, 1.165) is 0 Å². The highest BCUT2D eigenvalue weighted by Gasteiger charge is 2.07. The lowest BCUT2D eigenvalue weighted by atomic mass is 10.4. The van der Waals surface area contributed by atoms with Crippen LogP contribution >= 0.6 is 0 Å². The number of aromatic nitrogens is 2. The van der Waals surface area contributed by atoms with Gasteiger partial charge in [0, 0.05) is 26.7 Å². The van der Waals surface area contributed by atoms with E-state index in [1.165, 1.54) is 6.20 Å². The number of nitrogens with zero attached hydrogens (tertiary/aromatic N) is 2. The summed E-state index contributed by atoms with van der Waals surface area (Å²) in [6.45, 7) is 3.40. The maximum absolute atomic E-state index is 11.6. The van der Waals surface area contributed by atoms with E-state index in [-0.39, 0.29) is 12.0 Å². The lowest BCUT2D eigenvalue weighted by molar-refractivity contribution is 0.0945. The Morgan fingerprint density at radius 1 is 1.62 bits per heavy atom. The van der Waals surface area contributed by atoms with Crippen molar-refractivity contribution in [1.29, 1.82) is 0 Å². The highest BCUT2D eigenvalue weighted by atomic mass is 16.3. The summed E-state index contributed by atoms with van der Waals surface area (Å²) < 4.78 is 1.67. The predicted molar refractivity (Wildman–Crippen MR) is 60.1 cm³/mol. The van der Waals surface area contributed by atoms with E-state index in [9.17, 15) is 4.79 Å². The molecule has 0 radical (unpaired) electrons. The van der Waals surface area contributed by atoms with Gasteiger partial charge in [-0.3, -0.25) is 4.79 Å². The van der Waals surface area contributed by atoms with Crippen molar-refractivity contribution < 1.29 is 9.90 Å². The minimum atomic E-state index is -0.368. The number of imidazole rings is 1. The van der Waals surface area contributed by atoms with Gasteiger partial charge in [0.25, 0.3) is 5.91 Å². The fourth-order valence-corrected chi connectivity index (χ4v) is 1.24. The number of aliphatic hydroxyl groups excluding tert-OH is 1. The third-order valence-corrected chi connectivity index (χ3v) is 2.08. The van der Waals surface area contributed by atoms with Gasteiger partial charge in [0.15, 0.2) is 0 Å². The van der Waals surface area contributed by atoms with Gasteiger partial charge in [-0.2, -0.15) is 0 Å². The molecule has 3 N–H and O–H groups in total. The van der Waals surface area contributed by atoms with Crippen LogP contribution < -0.4 is 10.6 Å². The van der Waals surface area contributed by atoms with Crippen LogP contribution in [-0.4, -0.2) is 46.3 Å². The average Bonchev–Trinajstić information content (AvgIpc) is 2.63. The number of aliphatic hydroxyl groups is 1. The molecule has 0 spiro atoms. The summed E-state index contributed by atoms with van der Waals surface area (Å²) in [4.78, 5) is 15.4. The van der Waals surface area contributed by atoms with E-state index < -0.39 is 0 Å². The van der Waals surface area contributed by atoms with Crippen LogP contribution in [0.2, 0.25) is 0 Å². The summed E-state index contributed by atoms with van der Waals surface area (Å²) in [5.74, 6) is -0.140. The van der Waals surface area contributed by atoms with Crippen LogP contribution in [0.1, 0.15) is 17.4 Å². The number of hydrogen-bond acceptors (Lipinski definition) is 4. The monoisotopic (exact) mass is 226 g/mol. The summed E-state index contributed by atoms with van der Waals surface area (Å²) in [6.07, 6.45) is 2.74. The third-order valence-electron chi connectivity index (χ3n) is 2.08. The van der Waals surface area contributed by atoms with Crippen molar-refractivity contribution in [2.75, 3.05) is 19.6 Å². The smallest absolute Gasteiger partial charge is 0.269 e. The Morgan fingerprint density at radius 2 is 2.38 bits per heavy atom. The molecule has 0 aliphatic rings. The number of rotatable bonds is 6. The van der Waals surface area contributed by atoms with Crippen molar-refractivity contribution in [2.24, 2.45) is 7.05 Å². The molecule has 1 atom stereocenters. The Hall–Kier alpha value is -1.40. The van der Waals surface area contributed by atoms with Gasteiger partial charge in [-0.15, -0.1) is 0 Å². The lowest BCUT2D eigenvalue weighted by Crippen LogP contribution is -2.35.